The molecule has 0 aromatic heterocycles. The molecule has 3 rings (SSSR count). The van der Waals surface area contributed by atoms with Crippen molar-refractivity contribution in [2.45, 2.75) is 36.4 Å². The van der Waals surface area contributed by atoms with E-state index < -0.39 is 27.9 Å². The van der Waals surface area contributed by atoms with E-state index in [4.69, 9.17) is 11.6 Å². The number of rotatable bonds is 11. The molecule has 0 heterocycles. The van der Waals surface area contributed by atoms with Crippen molar-refractivity contribution in [3.63, 3.8) is 0 Å². The molecule has 1 atom stereocenters. The smallest absolute Gasteiger partial charge is 0.406 e. The summed E-state index contributed by atoms with van der Waals surface area (Å²) in [4.78, 5) is 12.4. The highest BCUT2D eigenvalue weighted by Crippen LogP contribution is 2.27. The van der Waals surface area contributed by atoms with Gasteiger partial charge >= 0.3 is 6.36 Å². The number of ketones is 1. The van der Waals surface area contributed by atoms with Crippen LogP contribution in [-0.2, 0) is 21.1 Å². The third-order valence-electron chi connectivity index (χ3n) is 5.50. The first-order chi connectivity index (χ1) is 17.5. The highest BCUT2D eigenvalue weighted by atomic mass is 35.5. The molecule has 3 aromatic carbocycles. The first kappa shape index (κ1) is 28.4. The van der Waals surface area contributed by atoms with E-state index in [1.54, 1.807) is 30.3 Å². The monoisotopic (exact) mass is 552 g/mol. The molecule has 0 spiro atoms. The number of carbonyl (C=O) groups excluding carboxylic acids is 1. The lowest BCUT2D eigenvalue weighted by molar-refractivity contribution is -0.274. The lowest BCUT2D eigenvalue weighted by Crippen LogP contribution is -2.17. The Hall–Kier alpha value is -3.14. The zero-order valence-electron chi connectivity index (χ0n) is 19.5. The number of benzene rings is 3. The molecule has 0 aliphatic rings. The molecule has 0 aliphatic carbocycles. The van der Waals surface area contributed by atoms with Gasteiger partial charge in [-0.05, 0) is 59.9 Å². The van der Waals surface area contributed by atoms with E-state index >= 15 is 0 Å². The van der Waals surface area contributed by atoms with Crippen molar-refractivity contribution in [3.8, 4) is 5.75 Å². The number of sulfone groups is 1. The zero-order valence-corrected chi connectivity index (χ0v) is 21.1. The quantitative estimate of drug-likeness (QED) is 0.300. The molecule has 0 radical (unpaired) electrons. The van der Waals surface area contributed by atoms with Crippen molar-refractivity contribution in [3.05, 3.63) is 99.9 Å². The van der Waals surface area contributed by atoms with E-state index in [1.165, 1.54) is 24.3 Å². The van der Waals surface area contributed by atoms with Gasteiger partial charge in [-0.15, -0.1) is 13.2 Å². The molecular formula is C27H24ClF3O5S. The van der Waals surface area contributed by atoms with Crippen molar-refractivity contribution in [1.82, 2.24) is 0 Å². The van der Waals surface area contributed by atoms with Crippen LogP contribution in [0.2, 0.25) is 5.02 Å². The number of aryl methyl sites for hydroxylation is 1. The van der Waals surface area contributed by atoms with Crippen LogP contribution in [-0.4, -0.2) is 32.3 Å². The summed E-state index contributed by atoms with van der Waals surface area (Å²) in [6.07, 6.45) is -2.52. The summed E-state index contributed by atoms with van der Waals surface area (Å²) in [5.74, 6) is -1.15. The van der Waals surface area contributed by atoms with Gasteiger partial charge in [-0.2, -0.15) is 0 Å². The summed E-state index contributed by atoms with van der Waals surface area (Å²) in [5.41, 5.74) is 1.68. The Kier molecular flexibility index (Phi) is 9.53. The second-order valence-electron chi connectivity index (χ2n) is 8.20. The average Bonchev–Trinajstić information content (AvgIpc) is 2.83. The molecular weight excluding hydrogens is 529 g/mol. The topological polar surface area (TPSA) is 80.7 Å². The van der Waals surface area contributed by atoms with E-state index in [2.05, 4.69) is 4.74 Å². The standard InChI is InChI=1S/C27H24ClF3O5S/c28-24-17-19(7-5-11-25(33)23(18-32)21-8-2-1-3-9-21)12-13-26(24)37(34,35)15-14-20-6-4-10-22(16-20)36-27(29,30)31/h1-4,6,8-10,12-17,23,32H,5,7,11,18H2/b15-14+/t23-/m0/s1. The van der Waals surface area contributed by atoms with Crippen LogP contribution in [0.1, 0.15) is 35.4 Å². The van der Waals surface area contributed by atoms with Gasteiger partial charge in [-0.3, -0.25) is 4.79 Å². The number of alkyl halides is 3. The largest absolute Gasteiger partial charge is 0.573 e. The zero-order chi connectivity index (χ0) is 27.1. The fraction of sp³-hybridized carbons (Fsp3) is 0.222. The Morgan fingerprint density at radius 3 is 2.41 bits per heavy atom. The maximum absolute atomic E-state index is 12.7. The van der Waals surface area contributed by atoms with Crippen LogP contribution in [0.15, 0.2) is 83.1 Å². The van der Waals surface area contributed by atoms with Gasteiger partial charge in [-0.1, -0.05) is 60.1 Å². The van der Waals surface area contributed by atoms with Gasteiger partial charge in [0.15, 0.2) is 0 Å². The molecule has 10 heteroatoms. The Morgan fingerprint density at radius 2 is 1.76 bits per heavy atom. The molecule has 37 heavy (non-hydrogen) atoms. The molecule has 5 nitrogen and oxygen atoms in total. The van der Waals surface area contributed by atoms with Gasteiger partial charge in [0.2, 0.25) is 9.84 Å². The molecule has 3 aromatic rings. The van der Waals surface area contributed by atoms with Crippen LogP contribution >= 0.6 is 11.6 Å². The Bertz CT molecular complexity index is 1360. The summed E-state index contributed by atoms with van der Waals surface area (Å²) < 4.78 is 66.6. The number of halogens is 4. The van der Waals surface area contributed by atoms with Crippen LogP contribution in [0.5, 0.6) is 5.75 Å². The summed E-state index contributed by atoms with van der Waals surface area (Å²) in [7, 11) is -3.99. The fourth-order valence-electron chi connectivity index (χ4n) is 3.71. The minimum absolute atomic E-state index is 0.0137. The second kappa shape index (κ2) is 12.4. The highest BCUT2D eigenvalue weighted by Gasteiger charge is 2.31. The van der Waals surface area contributed by atoms with Gasteiger partial charge in [0.25, 0.3) is 0 Å². The summed E-state index contributed by atoms with van der Waals surface area (Å²) >= 11 is 6.23. The van der Waals surface area contributed by atoms with Crippen LogP contribution in [0.4, 0.5) is 13.2 Å². The van der Waals surface area contributed by atoms with Crippen molar-refractivity contribution >= 4 is 33.3 Å². The van der Waals surface area contributed by atoms with E-state index in [0.29, 0.717) is 12.8 Å². The molecule has 0 saturated carbocycles. The minimum atomic E-state index is -4.86. The first-order valence-electron chi connectivity index (χ1n) is 11.2. The lowest BCUT2D eigenvalue weighted by Gasteiger charge is -2.13. The summed E-state index contributed by atoms with van der Waals surface area (Å²) in [6.45, 7) is -0.283. The van der Waals surface area contributed by atoms with Gasteiger partial charge in [-0.25, -0.2) is 8.42 Å². The number of ether oxygens (including phenoxy) is 1. The minimum Gasteiger partial charge on any atom is -0.406 e. The van der Waals surface area contributed by atoms with Gasteiger partial charge in [0.05, 0.1) is 22.4 Å². The molecule has 0 unspecified atom stereocenters. The summed E-state index contributed by atoms with van der Waals surface area (Å²) in [6, 6.07) is 18.4. The SMILES string of the molecule is O=C(CCCc1ccc(S(=O)(=O)/C=C/c2cccc(OC(F)(F)F)c2)c(Cl)c1)[C@@H](CO)c1ccccc1. The number of aliphatic hydroxyl groups is 1. The Balaban J connectivity index is 1.63. The van der Waals surface area contributed by atoms with Crippen LogP contribution in [0.25, 0.3) is 6.08 Å². The molecule has 196 valence electrons. The van der Waals surface area contributed by atoms with E-state index in [1.807, 2.05) is 6.07 Å². The number of hydrogen-bond acceptors (Lipinski definition) is 5. The van der Waals surface area contributed by atoms with Crippen molar-refractivity contribution in [2.75, 3.05) is 6.61 Å². The molecule has 0 fully saturated rings. The van der Waals surface area contributed by atoms with Crippen LogP contribution in [0, 0.1) is 0 Å². The molecule has 0 amide bonds. The highest BCUT2D eigenvalue weighted by molar-refractivity contribution is 7.94. The van der Waals surface area contributed by atoms with Gasteiger partial charge in [0, 0.05) is 11.8 Å². The summed E-state index contributed by atoms with van der Waals surface area (Å²) in [5, 5.41) is 10.5. The Labute approximate surface area is 218 Å². The predicted molar refractivity (Wildman–Crippen MR) is 135 cm³/mol. The van der Waals surface area contributed by atoms with E-state index in [9.17, 15) is 31.5 Å². The normalized spacial score (nSPS) is 13.0. The molecule has 0 bridgehead atoms. The van der Waals surface area contributed by atoms with Gasteiger partial charge < -0.3 is 9.84 Å². The lowest BCUT2D eigenvalue weighted by atomic mass is 9.92. The van der Waals surface area contributed by atoms with Gasteiger partial charge in [0.1, 0.15) is 11.5 Å². The third-order valence-corrected chi connectivity index (χ3v) is 7.38. The molecule has 1 N–H and O–H groups in total. The second-order valence-corrected chi connectivity index (χ2v) is 10.4. The van der Waals surface area contributed by atoms with Crippen molar-refractivity contribution in [1.29, 1.82) is 0 Å². The fourth-order valence-corrected chi connectivity index (χ4v) is 5.30. The Morgan fingerprint density at radius 1 is 1.03 bits per heavy atom. The number of aliphatic hydroxyl groups excluding tert-OH is 1. The number of hydrogen-bond donors (Lipinski definition) is 1. The number of carbonyl (C=O) groups is 1. The maximum Gasteiger partial charge on any atom is 0.573 e. The predicted octanol–water partition coefficient (Wildman–Crippen LogP) is 6.35. The van der Waals surface area contributed by atoms with E-state index in [0.717, 1.165) is 34.7 Å². The third kappa shape index (κ3) is 8.45. The van der Waals surface area contributed by atoms with Crippen LogP contribution in [0.3, 0.4) is 0 Å². The van der Waals surface area contributed by atoms with Crippen molar-refractivity contribution in [2.24, 2.45) is 0 Å². The van der Waals surface area contributed by atoms with Crippen molar-refractivity contribution < 1.29 is 36.2 Å². The first-order valence-corrected chi connectivity index (χ1v) is 13.2. The number of Topliss-reactive ketones (excluding diaryl/α,β-unsaturated/α-hetero) is 1. The molecule has 0 aliphatic heterocycles. The van der Waals surface area contributed by atoms with Crippen LogP contribution < -0.4 is 4.74 Å². The van der Waals surface area contributed by atoms with E-state index in [-0.39, 0.29) is 34.3 Å². The average molecular weight is 553 g/mol. The molecule has 0 saturated heterocycles. The maximum atomic E-state index is 12.7.